The Labute approximate surface area is 142 Å². The Morgan fingerprint density at radius 1 is 0.917 bits per heavy atom. The second-order valence-corrected chi connectivity index (χ2v) is 6.12. The van der Waals surface area contributed by atoms with Crippen LogP contribution in [0.4, 0.5) is 0 Å². The predicted molar refractivity (Wildman–Crippen MR) is 98.5 cm³/mol. The Bertz CT molecular complexity index is 829. The highest BCUT2D eigenvalue weighted by Crippen LogP contribution is 2.21. The minimum atomic E-state index is -0.282. The molecule has 0 aromatic heterocycles. The van der Waals surface area contributed by atoms with Gasteiger partial charge in [0.05, 0.1) is 6.04 Å². The van der Waals surface area contributed by atoms with Crippen molar-refractivity contribution in [2.75, 3.05) is 0 Å². The Morgan fingerprint density at radius 2 is 1.58 bits per heavy atom. The number of fused-ring (bicyclic) bond motifs is 1. The molecule has 3 aromatic rings. The molecule has 0 radical (unpaired) electrons. The third kappa shape index (κ3) is 3.81. The van der Waals surface area contributed by atoms with Crippen LogP contribution >= 0.6 is 0 Å². The second kappa shape index (κ2) is 7.28. The fourth-order valence-corrected chi connectivity index (χ4v) is 2.88. The van der Waals surface area contributed by atoms with Crippen molar-refractivity contribution >= 4 is 16.7 Å². The molecule has 2 atom stereocenters. The van der Waals surface area contributed by atoms with Gasteiger partial charge in [-0.15, -0.1) is 0 Å². The van der Waals surface area contributed by atoms with Gasteiger partial charge in [-0.25, -0.2) is 0 Å². The molecule has 0 bridgehead atoms. The maximum Gasteiger partial charge on any atom is 0.222 e. The number of benzene rings is 3. The van der Waals surface area contributed by atoms with E-state index in [4.69, 9.17) is 5.73 Å². The summed E-state index contributed by atoms with van der Waals surface area (Å²) in [5.41, 5.74) is 8.19. The minimum Gasteiger partial charge on any atom is -0.350 e. The lowest BCUT2D eigenvalue weighted by Crippen LogP contribution is -2.29. The molecule has 3 heteroatoms. The van der Waals surface area contributed by atoms with Crippen LogP contribution < -0.4 is 11.1 Å². The minimum absolute atomic E-state index is 0.0352. The van der Waals surface area contributed by atoms with Crippen LogP contribution in [0.3, 0.4) is 0 Å². The molecule has 24 heavy (non-hydrogen) atoms. The Balaban J connectivity index is 1.64. The summed E-state index contributed by atoms with van der Waals surface area (Å²) in [6.45, 7) is 2.00. The molecule has 0 aliphatic rings. The summed E-state index contributed by atoms with van der Waals surface area (Å²) in [5.74, 6) is -0.0352. The summed E-state index contributed by atoms with van der Waals surface area (Å²) in [4.78, 5) is 12.3. The molecule has 1 amide bonds. The lowest BCUT2D eigenvalue weighted by atomic mass is 10.0. The number of rotatable bonds is 5. The average molecular weight is 318 g/mol. The molecule has 0 fully saturated rings. The largest absolute Gasteiger partial charge is 0.350 e. The molecule has 3 nitrogen and oxygen atoms in total. The molecule has 3 N–H and O–H groups in total. The Hall–Kier alpha value is -2.65. The van der Waals surface area contributed by atoms with Crippen LogP contribution in [0.1, 0.15) is 36.6 Å². The van der Waals surface area contributed by atoms with E-state index in [1.165, 1.54) is 10.8 Å². The smallest absolute Gasteiger partial charge is 0.222 e. The summed E-state index contributed by atoms with van der Waals surface area (Å²) >= 11 is 0. The Morgan fingerprint density at radius 3 is 2.33 bits per heavy atom. The monoisotopic (exact) mass is 318 g/mol. The summed E-state index contributed by atoms with van der Waals surface area (Å²) in [5, 5.41) is 5.42. The lowest BCUT2D eigenvalue weighted by Gasteiger charge is -2.17. The van der Waals surface area contributed by atoms with E-state index < -0.39 is 0 Å². The summed E-state index contributed by atoms with van der Waals surface area (Å²) < 4.78 is 0. The molecular weight excluding hydrogens is 296 g/mol. The second-order valence-electron chi connectivity index (χ2n) is 6.12. The molecule has 0 saturated heterocycles. The third-order valence-electron chi connectivity index (χ3n) is 4.28. The highest BCUT2D eigenvalue weighted by atomic mass is 16.1. The van der Waals surface area contributed by atoms with E-state index in [-0.39, 0.29) is 24.4 Å². The van der Waals surface area contributed by atoms with Gasteiger partial charge in [0.2, 0.25) is 5.91 Å². The molecule has 3 aromatic carbocycles. The average Bonchev–Trinajstić information content (AvgIpc) is 2.61. The van der Waals surface area contributed by atoms with E-state index in [2.05, 4.69) is 35.6 Å². The highest BCUT2D eigenvalue weighted by molar-refractivity contribution is 5.83. The number of carbonyl (C=O) groups is 1. The number of nitrogens with two attached hydrogens (primary N) is 1. The first kappa shape index (κ1) is 16.2. The fraction of sp³-hybridized carbons (Fsp3) is 0.190. The molecule has 0 heterocycles. The zero-order chi connectivity index (χ0) is 16.9. The van der Waals surface area contributed by atoms with E-state index in [1.807, 2.05) is 49.4 Å². The van der Waals surface area contributed by atoms with Crippen molar-refractivity contribution in [2.24, 2.45) is 5.73 Å². The van der Waals surface area contributed by atoms with Gasteiger partial charge in [-0.3, -0.25) is 4.79 Å². The van der Waals surface area contributed by atoms with E-state index in [9.17, 15) is 4.79 Å². The van der Waals surface area contributed by atoms with Crippen molar-refractivity contribution in [3.05, 3.63) is 83.9 Å². The lowest BCUT2D eigenvalue weighted by molar-refractivity contribution is -0.122. The number of hydrogen-bond acceptors (Lipinski definition) is 2. The number of carbonyl (C=O) groups excluding carboxylic acids is 1. The first-order valence-corrected chi connectivity index (χ1v) is 8.22. The van der Waals surface area contributed by atoms with Crippen LogP contribution in [0.15, 0.2) is 72.8 Å². The van der Waals surface area contributed by atoms with E-state index in [1.54, 1.807) is 0 Å². The van der Waals surface area contributed by atoms with Crippen molar-refractivity contribution in [2.45, 2.75) is 25.4 Å². The van der Waals surface area contributed by atoms with Crippen molar-refractivity contribution in [1.29, 1.82) is 0 Å². The van der Waals surface area contributed by atoms with Gasteiger partial charge in [-0.05, 0) is 34.9 Å². The summed E-state index contributed by atoms with van der Waals surface area (Å²) in [7, 11) is 0. The van der Waals surface area contributed by atoms with Crippen LogP contribution in [-0.2, 0) is 4.79 Å². The van der Waals surface area contributed by atoms with Gasteiger partial charge in [0.25, 0.3) is 0 Å². The maximum atomic E-state index is 12.3. The SMILES string of the molecule is C[C@H](NC(=O)C[C@@H](N)c1ccccc1)c1ccc2ccccc2c1. The molecule has 122 valence electrons. The number of hydrogen-bond donors (Lipinski definition) is 2. The molecular formula is C21H22N2O. The zero-order valence-electron chi connectivity index (χ0n) is 13.8. The first-order chi connectivity index (χ1) is 11.6. The zero-order valence-corrected chi connectivity index (χ0v) is 13.8. The maximum absolute atomic E-state index is 12.3. The Kier molecular flexibility index (Phi) is 4.92. The third-order valence-corrected chi connectivity index (χ3v) is 4.28. The standard InChI is InChI=1S/C21H22N2O/c1-15(18-12-11-16-7-5-6-10-19(16)13-18)23-21(24)14-20(22)17-8-3-2-4-9-17/h2-13,15,20H,14,22H2,1H3,(H,23,24)/t15-,20+/m0/s1. The van der Waals surface area contributed by atoms with Crippen LogP contribution in [-0.4, -0.2) is 5.91 Å². The van der Waals surface area contributed by atoms with Crippen molar-refractivity contribution in [3.8, 4) is 0 Å². The van der Waals surface area contributed by atoms with Gasteiger partial charge in [0.15, 0.2) is 0 Å². The molecule has 0 spiro atoms. The van der Waals surface area contributed by atoms with Gasteiger partial charge in [0.1, 0.15) is 0 Å². The normalized spacial score (nSPS) is 13.4. The van der Waals surface area contributed by atoms with Crippen molar-refractivity contribution < 1.29 is 4.79 Å². The van der Waals surface area contributed by atoms with Gasteiger partial charge < -0.3 is 11.1 Å². The quantitative estimate of drug-likeness (QED) is 0.744. The van der Waals surface area contributed by atoms with Crippen LogP contribution in [0.25, 0.3) is 10.8 Å². The van der Waals surface area contributed by atoms with E-state index in [0.29, 0.717) is 0 Å². The van der Waals surface area contributed by atoms with Crippen LogP contribution in [0, 0.1) is 0 Å². The number of amides is 1. The van der Waals surface area contributed by atoms with Crippen LogP contribution in [0.2, 0.25) is 0 Å². The first-order valence-electron chi connectivity index (χ1n) is 8.22. The van der Waals surface area contributed by atoms with Gasteiger partial charge in [-0.2, -0.15) is 0 Å². The van der Waals surface area contributed by atoms with Crippen molar-refractivity contribution in [1.82, 2.24) is 5.32 Å². The van der Waals surface area contributed by atoms with E-state index in [0.717, 1.165) is 11.1 Å². The summed E-state index contributed by atoms with van der Waals surface area (Å²) in [6.07, 6.45) is 0.280. The van der Waals surface area contributed by atoms with Gasteiger partial charge >= 0.3 is 0 Å². The van der Waals surface area contributed by atoms with Gasteiger partial charge in [-0.1, -0.05) is 66.7 Å². The van der Waals surface area contributed by atoms with Gasteiger partial charge in [0, 0.05) is 12.5 Å². The van der Waals surface area contributed by atoms with Crippen LogP contribution in [0.5, 0.6) is 0 Å². The fourth-order valence-electron chi connectivity index (χ4n) is 2.88. The molecule has 0 saturated carbocycles. The molecule has 0 aliphatic heterocycles. The number of nitrogens with one attached hydrogen (secondary N) is 1. The predicted octanol–water partition coefficient (Wildman–Crippen LogP) is 4.11. The summed E-state index contributed by atoms with van der Waals surface area (Å²) in [6, 6.07) is 23.9. The van der Waals surface area contributed by atoms with E-state index >= 15 is 0 Å². The van der Waals surface area contributed by atoms with Crippen molar-refractivity contribution in [3.63, 3.8) is 0 Å². The topological polar surface area (TPSA) is 55.1 Å². The molecule has 0 unspecified atom stereocenters. The molecule has 3 rings (SSSR count). The highest BCUT2D eigenvalue weighted by Gasteiger charge is 2.14. The molecule has 0 aliphatic carbocycles.